The van der Waals surface area contributed by atoms with Gasteiger partial charge < -0.3 is 5.11 Å². The van der Waals surface area contributed by atoms with Crippen molar-refractivity contribution in [2.45, 2.75) is 76.5 Å². The number of aliphatic hydroxyl groups is 1. The van der Waals surface area contributed by atoms with E-state index in [1.54, 1.807) is 5.19 Å². The van der Waals surface area contributed by atoms with Crippen LogP contribution < -0.4 is 5.19 Å². The first-order chi connectivity index (χ1) is 11.7. The Morgan fingerprint density at radius 1 is 1.08 bits per heavy atom. The average molecular weight is 343 g/mol. The summed E-state index contributed by atoms with van der Waals surface area (Å²) in [4.78, 5) is 0. The predicted octanol–water partition coefficient (Wildman–Crippen LogP) is 4.81. The fourth-order valence-corrected chi connectivity index (χ4v) is 8.91. The third kappa shape index (κ3) is 4.21. The first-order valence-electron chi connectivity index (χ1n) is 10.1. The summed E-state index contributed by atoms with van der Waals surface area (Å²) in [6, 6.07) is 14.3. The van der Waals surface area contributed by atoms with Gasteiger partial charge in [-0.3, -0.25) is 0 Å². The SMILES string of the molecule is CC=CCCC1(C2CCC(O)CC2)CC[SiH](c2ccccc2)CC1. The molecule has 2 heteroatoms. The molecule has 0 spiro atoms. The molecule has 0 unspecified atom stereocenters. The molecule has 2 aliphatic rings. The van der Waals surface area contributed by atoms with E-state index in [9.17, 15) is 5.11 Å². The van der Waals surface area contributed by atoms with Gasteiger partial charge in [-0.25, -0.2) is 0 Å². The first-order valence-corrected chi connectivity index (χ1v) is 12.3. The van der Waals surface area contributed by atoms with Crippen LogP contribution in [0.1, 0.15) is 58.3 Å². The van der Waals surface area contributed by atoms with Gasteiger partial charge in [0.15, 0.2) is 0 Å². The van der Waals surface area contributed by atoms with Crippen LogP contribution >= 0.6 is 0 Å². The molecule has 0 aromatic heterocycles. The molecule has 1 aliphatic carbocycles. The lowest BCUT2D eigenvalue weighted by Gasteiger charge is -2.48. The van der Waals surface area contributed by atoms with Gasteiger partial charge in [-0.15, -0.1) is 0 Å². The van der Waals surface area contributed by atoms with Gasteiger partial charge in [0, 0.05) is 0 Å². The first kappa shape index (κ1) is 17.9. The number of hydrogen-bond acceptors (Lipinski definition) is 1. The fraction of sp³-hybridized carbons (Fsp3) is 0.636. The normalized spacial score (nSPS) is 34.5. The molecule has 1 saturated heterocycles. The summed E-state index contributed by atoms with van der Waals surface area (Å²) in [6.45, 7) is 2.14. The lowest BCUT2D eigenvalue weighted by Crippen LogP contribution is -2.43. The topological polar surface area (TPSA) is 20.2 Å². The predicted molar refractivity (Wildman–Crippen MR) is 107 cm³/mol. The molecule has 1 nitrogen and oxygen atoms in total. The Labute approximate surface area is 149 Å². The number of aliphatic hydroxyl groups excluding tert-OH is 1. The highest BCUT2D eigenvalue weighted by atomic mass is 28.3. The Kier molecular flexibility index (Phi) is 6.35. The molecule has 1 aromatic rings. The van der Waals surface area contributed by atoms with E-state index in [4.69, 9.17) is 0 Å². The van der Waals surface area contributed by atoms with E-state index in [0.29, 0.717) is 5.41 Å². The van der Waals surface area contributed by atoms with Gasteiger partial charge in [0.05, 0.1) is 14.9 Å². The van der Waals surface area contributed by atoms with Crippen LogP contribution in [-0.4, -0.2) is 20.0 Å². The molecule has 0 radical (unpaired) electrons. The lowest BCUT2D eigenvalue weighted by atomic mass is 9.63. The third-order valence-electron chi connectivity index (χ3n) is 6.86. The molecule has 3 rings (SSSR count). The Balaban J connectivity index is 1.68. The molecule has 1 heterocycles. The van der Waals surface area contributed by atoms with Crippen molar-refractivity contribution in [2.24, 2.45) is 11.3 Å². The van der Waals surface area contributed by atoms with Gasteiger partial charge in [-0.2, -0.15) is 0 Å². The van der Waals surface area contributed by atoms with Gasteiger partial charge in [0.25, 0.3) is 0 Å². The zero-order valence-corrected chi connectivity index (χ0v) is 16.4. The Morgan fingerprint density at radius 3 is 2.38 bits per heavy atom. The zero-order valence-electron chi connectivity index (χ0n) is 15.3. The molecule has 24 heavy (non-hydrogen) atoms. The van der Waals surface area contributed by atoms with Crippen LogP contribution in [0.4, 0.5) is 0 Å². The van der Waals surface area contributed by atoms with Gasteiger partial charge in [-0.05, 0) is 69.6 Å². The summed E-state index contributed by atoms with van der Waals surface area (Å²) in [7, 11) is -0.742. The fourth-order valence-electron chi connectivity index (χ4n) is 5.34. The van der Waals surface area contributed by atoms with Crippen molar-refractivity contribution < 1.29 is 5.11 Å². The summed E-state index contributed by atoms with van der Waals surface area (Å²) in [5, 5.41) is 11.6. The number of allylic oxidation sites excluding steroid dienone is 2. The average Bonchev–Trinajstić information content (AvgIpc) is 2.64. The number of hydrogen-bond donors (Lipinski definition) is 1. The molecule has 2 fully saturated rings. The number of benzene rings is 1. The van der Waals surface area contributed by atoms with Crippen LogP contribution in [0.25, 0.3) is 0 Å². The van der Waals surface area contributed by atoms with Crippen LogP contribution in [0.5, 0.6) is 0 Å². The summed E-state index contributed by atoms with van der Waals surface area (Å²) < 4.78 is 0. The van der Waals surface area contributed by atoms with Gasteiger partial charge in [0.1, 0.15) is 0 Å². The highest BCUT2D eigenvalue weighted by Crippen LogP contribution is 2.51. The minimum absolute atomic E-state index is 0.0242. The molecule has 1 aromatic carbocycles. The largest absolute Gasteiger partial charge is 0.393 e. The van der Waals surface area contributed by atoms with Crippen molar-refractivity contribution in [1.82, 2.24) is 0 Å². The van der Waals surface area contributed by atoms with E-state index in [1.807, 2.05) is 0 Å². The summed E-state index contributed by atoms with van der Waals surface area (Å²) in [6.07, 6.45) is 14.6. The van der Waals surface area contributed by atoms with Crippen LogP contribution in [0.15, 0.2) is 42.5 Å². The van der Waals surface area contributed by atoms with Gasteiger partial charge in [-0.1, -0.05) is 59.8 Å². The maximum absolute atomic E-state index is 9.91. The monoisotopic (exact) mass is 342 g/mol. The minimum atomic E-state index is -0.742. The van der Waals surface area contributed by atoms with E-state index in [1.165, 1.54) is 50.6 Å². The molecule has 1 N–H and O–H groups in total. The maximum Gasteiger partial charge on any atom is 0.0708 e. The lowest BCUT2D eigenvalue weighted by molar-refractivity contribution is 0.0362. The highest BCUT2D eigenvalue weighted by Gasteiger charge is 2.42. The van der Waals surface area contributed by atoms with Crippen molar-refractivity contribution in [2.75, 3.05) is 0 Å². The molecule has 1 saturated carbocycles. The van der Waals surface area contributed by atoms with E-state index in [-0.39, 0.29) is 6.10 Å². The Morgan fingerprint density at radius 2 is 1.75 bits per heavy atom. The van der Waals surface area contributed by atoms with Crippen LogP contribution in [0, 0.1) is 11.3 Å². The number of rotatable bonds is 5. The van der Waals surface area contributed by atoms with Gasteiger partial charge >= 0.3 is 0 Å². The van der Waals surface area contributed by atoms with E-state index >= 15 is 0 Å². The van der Waals surface area contributed by atoms with E-state index in [0.717, 1.165) is 18.8 Å². The zero-order chi connectivity index (χ0) is 16.8. The third-order valence-corrected chi connectivity index (χ3v) is 10.2. The van der Waals surface area contributed by atoms with Crippen LogP contribution in [0.3, 0.4) is 0 Å². The minimum Gasteiger partial charge on any atom is -0.393 e. The smallest absolute Gasteiger partial charge is 0.0708 e. The standard InChI is InChI=1S/C22H34OSi/c1-2-3-7-14-22(19-10-12-20(23)13-11-19)15-17-24(18-16-22)21-8-5-4-6-9-21/h2-6,8-9,19-20,23-24H,7,10-18H2,1H3. The molecule has 0 amide bonds. The molecular weight excluding hydrogens is 308 g/mol. The van der Waals surface area contributed by atoms with Crippen molar-refractivity contribution in [3.8, 4) is 0 Å². The van der Waals surface area contributed by atoms with Gasteiger partial charge in [0.2, 0.25) is 0 Å². The second-order valence-electron chi connectivity index (χ2n) is 8.16. The summed E-state index contributed by atoms with van der Waals surface area (Å²) >= 11 is 0. The molecule has 132 valence electrons. The molecular formula is C22H34OSi. The molecule has 0 atom stereocenters. The highest BCUT2D eigenvalue weighted by molar-refractivity contribution is 6.73. The van der Waals surface area contributed by atoms with E-state index in [2.05, 4.69) is 49.4 Å². The maximum atomic E-state index is 9.91. The van der Waals surface area contributed by atoms with Crippen molar-refractivity contribution in [3.05, 3.63) is 42.5 Å². The van der Waals surface area contributed by atoms with Crippen molar-refractivity contribution >= 4 is 14.0 Å². The summed E-state index contributed by atoms with van der Waals surface area (Å²) in [5.74, 6) is 0.858. The Hall–Kier alpha value is -0.863. The quantitative estimate of drug-likeness (QED) is 0.601. The molecule has 1 aliphatic heterocycles. The molecule has 0 bridgehead atoms. The van der Waals surface area contributed by atoms with Crippen LogP contribution in [-0.2, 0) is 0 Å². The second-order valence-corrected chi connectivity index (χ2v) is 11.4. The Bertz CT molecular complexity index is 508. The van der Waals surface area contributed by atoms with Crippen molar-refractivity contribution in [1.29, 1.82) is 0 Å². The van der Waals surface area contributed by atoms with Crippen molar-refractivity contribution in [3.63, 3.8) is 0 Å². The van der Waals surface area contributed by atoms with Crippen LogP contribution in [0.2, 0.25) is 12.1 Å². The second kappa shape index (κ2) is 8.49. The summed E-state index contributed by atoms with van der Waals surface area (Å²) in [5.41, 5.74) is 0.567. The van der Waals surface area contributed by atoms with E-state index < -0.39 is 8.80 Å².